The summed E-state index contributed by atoms with van der Waals surface area (Å²) in [6.07, 6.45) is 1.23. The van der Waals surface area contributed by atoms with Crippen molar-refractivity contribution < 1.29 is 37.3 Å². The number of allylic oxidation sites excluding steroid dienone is 1. The fraction of sp³-hybridized carbons (Fsp3) is 0.500. The van der Waals surface area contributed by atoms with Crippen molar-refractivity contribution in [1.29, 1.82) is 5.41 Å². The Kier molecular flexibility index (Phi) is 7.75. The van der Waals surface area contributed by atoms with Crippen LogP contribution in [0.25, 0.3) is 0 Å². The first-order valence-electron chi connectivity index (χ1n) is 10.7. The predicted molar refractivity (Wildman–Crippen MR) is 118 cm³/mol. The summed E-state index contributed by atoms with van der Waals surface area (Å²) in [4.78, 5) is 24.0. The Morgan fingerprint density at radius 1 is 1.15 bits per heavy atom. The van der Waals surface area contributed by atoms with E-state index in [-0.39, 0.29) is 42.1 Å². The van der Waals surface area contributed by atoms with Gasteiger partial charge >= 0.3 is 5.97 Å². The highest BCUT2D eigenvalue weighted by Crippen LogP contribution is 2.34. The number of nitrogens with one attached hydrogen (secondary N) is 1. The third-order valence-electron chi connectivity index (χ3n) is 5.51. The van der Waals surface area contributed by atoms with Gasteiger partial charge in [-0.25, -0.2) is 8.42 Å². The molecule has 1 aromatic carbocycles. The molecule has 180 valence electrons. The Balaban J connectivity index is 1.60. The smallest absolute Gasteiger partial charge is 0.309 e. The van der Waals surface area contributed by atoms with Gasteiger partial charge in [0, 0.05) is 31.3 Å². The number of carbonyl (C=O) groups is 2. The second kappa shape index (κ2) is 10.3. The summed E-state index contributed by atoms with van der Waals surface area (Å²) in [5, 5.41) is 17.6. The standard InChI is InChI=1S/C22H28N2O8S/c1-14(23)21(15(2)25)18(26)13-32-22(27)16-6-8-24(9-7-16)33(28,29)17-4-5-19-20(12-17)31-11-3-10-30-19/h4-5,12,16,23,26H,3,6-11,13H2,1-2H3/b21-18-,23-14?. The van der Waals surface area contributed by atoms with E-state index in [1.54, 1.807) is 6.07 Å². The number of nitrogens with zero attached hydrogens (tertiary/aromatic N) is 1. The van der Waals surface area contributed by atoms with Crippen LogP contribution in [0.15, 0.2) is 34.4 Å². The van der Waals surface area contributed by atoms with E-state index in [0.717, 1.165) is 0 Å². The summed E-state index contributed by atoms with van der Waals surface area (Å²) in [5.41, 5.74) is -0.303. The van der Waals surface area contributed by atoms with Gasteiger partial charge < -0.3 is 24.7 Å². The van der Waals surface area contributed by atoms with Crippen LogP contribution in [0.3, 0.4) is 0 Å². The first-order chi connectivity index (χ1) is 15.6. The minimum Gasteiger partial charge on any atom is -0.508 e. The highest BCUT2D eigenvalue weighted by Gasteiger charge is 2.33. The summed E-state index contributed by atoms with van der Waals surface area (Å²) in [6.45, 7) is 3.28. The molecule has 0 aromatic heterocycles. The van der Waals surface area contributed by atoms with E-state index in [1.165, 1.54) is 30.3 Å². The lowest BCUT2D eigenvalue weighted by Gasteiger charge is -2.30. The van der Waals surface area contributed by atoms with Crippen molar-refractivity contribution in [2.24, 2.45) is 5.92 Å². The lowest BCUT2D eigenvalue weighted by molar-refractivity contribution is -0.149. The molecule has 2 N–H and O–H groups in total. The molecular weight excluding hydrogens is 452 g/mol. The maximum atomic E-state index is 13.1. The van der Waals surface area contributed by atoms with E-state index in [0.29, 0.717) is 31.1 Å². The van der Waals surface area contributed by atoms with Gasteiger partial charge in [-0.3, -0.25) is 9.59 Å². The lowest BCUT2D eigenvalue weighted by atomic mass is 9.98. The number of ketones is 1. The summed E-state index contributed by atoms with van der Waals surface area (Å²) in [6, 6.07) is 4.53. The van der Waals surface area contributed by atoms with Crippen LogP contribution in [-0.2, 0) is 24.3 Å². The summed E-state index contributed by atoms with van der Waals surface area (Å²) in [7, 11) is -3.78. The van der Waals surface area contributed by atoms with E-state index in [2.05, 4.69) is 0 Å². The Morgan fingerprint density at radius 2 is 1.79 bits per heavy atom. The monoisotopic (exact) mass is 480 g/mol. The van der Waals surface area contributed by atoms with Gasteiger partial charge in [0.25, 0.3) is 0 Å². The van der Waals surface area contributed by atoms with Crippen LogP contribution >= 0.6 is 0 Å². The normalized spacial score (nSPS) is 18.1. The number of sulfonamides is 1. The fourth-order valence-corrected chi connectivity index (χ4v) is 5.28. The molecule has 0 aliphatic carbocycles. The Morgan fingerprint density at radius 3 is 2.39 bits per heavy atom. The zero-order chi connectivity index (χ0) is 24.2. The van der Waals surface area contributed by atoms with Crippen LogP contribution in [0.4, 0.5) is 0 Å². The molecule has 0 amide bonds. The number of aliphatic hydroxyl groups is 1. The average Bonchev–Trinajstić information content (AvgIpc) is 3.02. The van der Waals surface area contributed by atoms with E-state index in [1.807, 2.05) is 0 Å². The summed E-state index contributed by atoms with van der Waals surface area (Å²) >= 11 is 0. The molecule has 0 bridgehead atoms. The molecule has 2 heterocycles. The van der Waals surface area contributed by atoms with Crippen molar-refractivity contribution in [2.75, 3.05) is 32.9 Å². The molecule has 2 aliphatic rings. The van der Waals surface area contributed by atoms with Crippen LogP contribution in [0.1, 0.15) is 33.1 Å². The summed E-state index contributed by atoms with van der Waals surface area (Å²) in [5.74, 6) is -1.18. The second-order valence-corrected chi connectivity index (χ2v) is 9.89. The van der Waals surface area contributed by atoms with Gasteiger partial charge in [0.1, 0.15) is 12.4 Å². The zero-order valence-corrected chi connectivity index (χ0v) is 19.4. The molecular formula is C22H28N2O8S. The van der Waals surface area contributed by atoms with Gasteiger partial charge in [0.05, 0.1) is 29.6 Å². The topological polar surface area (TPSA) is 143 Å². The number of fused-ring (bicyclic) bond motifs is 1. The van der Waals surface area contributed by atoms with Gasteiger partial charge in [-0.15, -0.1) is 0 Å². The van der Waals surface area contributed by atoms with Gasteiger partial charge in [-0.2, -0.15) is 4.31 Å². The van der Waals surface area contributed by atoms with Gasteiger partial charge in [0.2, 0.25) is 10.0 Å². The van der Waals surface area contributed by atoms with E-state index in [4.69, 9.17) is 19.6 Å². The minimum absolute atomic E-state index is 0.0987. The van der Waals surface area contributed by atoms with E-state index in [9.17, 15) is 23.1 Å². The highest BCUT2D eigenvalue weighted by molar-refractivity contribution is 7.89. The molecule has 0 spiro atoms. The lowest BCUT2D eigenvalue weighted by Crippen LogP contribution is -2.40. The number of esters is 1. The van der Waals surface area contributed by atoms with E-state index >= 15 is 0 Å². The SMILES string of the molecule is CC(=N)/C(C(C)=O)=C(/O)COC(=O)C1CCN(S(=O)(=O)c2ccc3c(c2)OCCCO3)CC1. The summed E-state index contributed by atoms with van der Waals surface area (Å²) < 4.78 is 43.7. The third kappa shape index (κ3) is 5.72. The number of Topliss-reactive ketones (excluding diaryl/α,β-unsaturated/α-hetero) is 1. The Bertz CT molecular complexity index is 1060. The van der Waals surface area contributed by atoms with Gasteiger partial charge in [-0.05, 0) is 38.8 Å². The van der Waals surface area contributed by atoms with Crippen LogP contribution in [-0.4, -0.2) is 68.2 Å². The molecule has 10 nitrogen and oxygen atoms in total. The van der Waals surface area contributed by atoms with Crippen molar-refractivity contribution >= 4 is 27.5 Å². The van der Waals surface area contributed by atoms with Crippen molar-refractivity contribution in [1.82, 2.24) is 4.31 Å². The van der Waals surface area contributed by atoms with Crippen LogP contribution in [0, 0.1) is 11.3 Å². The number of benzene rings is 1. The number of rotatable bonds is 7. The molecule has 1 saturated heterocycles. The highest BCUT2D eigenvalue weighted by atomic mass is 32.2. The van der Waals surface area contributed by atoms with Crippen molar-refractivity contribution in [3.63, 3.8) is 0 Å². The van der Waals surface area contributed by atoms with Crippen molar-refractivity contribution in [3.8, 4) is 11.5 Å². The van der Waals surface area contributed by atoms with Crippen molar-refractivity contribution in [2.45, 2.75) is 38.0 Å². The number of hydrogen-bond donors (Lipinski definition) is 2. The Hall–Kier alpha value is -2.92. The molecule has 33 heavy (non-hydrogen) atoms. The molecule has 0 unspecified atom stereocenters. The number of ether oxygens (including phenoxy) is 3. The van der Waals surface area contributed by atoms with Gasteiger partial charge in [-0.1, -0.05) is 0 Å². The van der Waals surface area contributed by atoms with Gasteiger partial charge in [0.15, 0.2) is 17.3 Å². The molecule has 0 saturated carbocycles. The molecule has 11 heteroatoms. The van der Waals surface area contributed by atoms with Crippen LogP contribution in [0.2, 0.25) is 0 Å². The molecule has 1 fully saturated rings. The molecule has 0 radical (unpaired) electrons. The largest absolute Gasteiger partial charge is 0.508 e. The minimum atomic E-state index is -3.78. The van der Waals surface area contributed by atoms with Crippen LogP contribution < -0.4 is 9.47 Å². The number of carbonyl (C=O) groups excluding carboxylic acids is 2. The number of aliphatic hydroxyl groups excluding tert-OH is 1. The molecule has 3 rings (SSSR count). The first kappa shape index (κ1) is 24.7. The predicted octanol–water partition coefficient (Wildman–Crippen LogP) is 2.23. The maximum Gasteiger partial charge on any atom is 0.309 e. The van der Waals surface area contributed by atoms with Crippen molar-refractivity contribution in [3.05, 3.63) is 29.5 Å². The Labute approximate surface area is 192 Å². The number of piperidine rings is 1. The first-order valence-corrected chi connectivity index (χ1v) is 12.1. The number of hydrogen-bond acceptors (Lipinski definition) is 9. The molecule has 0 atom stereocenters. The average molecular weight is 481 g/mol. The molecule has 1 aromatic rings. The van der Waals surface area contributed by atoms with E-state index < -0.39 is 40.1 Å². The fourth-order valence-electron chi connectivity index (χ4n) is 3.80. The third-order valence-corrected chi connectivity index (χ3v) is 7.41. The maximum absolute atomic E-state index is 13.1. The second-order valence-electron chi connectivity index (χ2n) is 7.95. The van der Waals surface area contributed by atoms with Crippen LogP contribution in [0.5, 0.6) is 11.5 Å². The quantitative estimate of drug-likeness (QED) is 0.262. The zero-order valence-electron chi connectivity index (χ0n) is 18.6. The molecule has 2 aliphatic heterocycles.